The first-order valence-electron chi connectivity index (χ1n) is 4.89. The molecule has 1 aromatic rings. The second-order valence-corrected chi connectivity index (χ2v) is 3.93. The van der Waals surface area contributed by atoms with Crippen LogP contribution < -0.4 is 5.73 Å². The molecule has 1 aromatic heterocycles. The lowest BCUT2D eigenvalue weighted by Gasteiger charge is -2.00. The minimum Gasteiger partial charge on any atom is -0.330 e. The Morgan fingerprint density at radius 3 is 2.31 bits per heavy atom. The summed E-state index contributed by atoms with van der Waals surface area (Å²) in [6.45, 7) is 0.594. The molecule has 16 heavy (non-hydrogen) atoms. The Kier molecular flexibility index (Phi) is 5.59. The summed E-state index contributed by atoms with van der Waals surface area (Å²) in [5, 5.41) is 0.00881. The number of unbranched alkanes of at least 4 members (excludes halogenated alkanes) is 1. The summed E-state index contributed by atoms with van der Waals surface area (Å²) < 4.78 is 0. The number of ketones is 1. The SMILES string of the molecule is NCCCCC(=O)Cc1nc(Cl)nc(Cl)n1. The van der Waals surface area contributed by atoms with E-state index in [1.165, 1.54) is 0 Å². The fraction of sp³-hybridized carbons (Fsp3) is 0.556. The molecule has 0 unspecified atom stereocenters. The third-order valence-electron chi connectivity index (χ3n) is 1.89. The van der Waals surface area contributed by atoms with E-state index in [0.717, 1.165) is 12.8 Å². The van der Waals surface area contributed by atoms with E-state index in [9.17, 15) is 4.79 Å². The van der Waals surface area contributed by atoms with E-state index in [2.05, 4.69) is 15.0 Å². The standard InChI is InChI=1S/C9H12Cl2N4O/c10-8-13-7(14-9(11)15-8)5-6(16)3-1-2-4-12/h1-5,12H2. The Labute approximate surface area is 103 Å². The number of nitrogens with two attached hydrogens (primary N) is 1. The van der Waals surface area contributed by atoms with Crippen LogP contribution in [0.5, 0.6) is 0 Å². The van der Waals surface area contributed by atoms with Gasteiger partial charge in [-0.3, -0.25) is 4.79 Å². The van der Waals surface area contributed by atoms with E-state index < -0.39 is 0 Å². The summed E-state index contributed by atoms with van der Waals surface area (Å²) in [5.41, 5.74) is 5.33. The third kappa shape index (κ3) is 4.83. The van der Waals surface area contributed by atoms with Gasteiger partial charge in [-0.05, 0) is 42.6 Å². The number of Topliss-reactive ketones (excluding diaryl/α,β-unsaturated/α-hetero) is 1. The molecule has 7 heteroatoms. The average molecular weight is 263 g/mol. The van der Waals surface area contributed by atoms with Crippen LogP contribution in [-0.2, 0) is 11.2 Å². The monoisotopic (exact) mass is 262 g/mol. The van der Waals surface area contributed by atoms with Crippen molar-refractivity contribution < 1.29 is 4.79 Å². The lowest BCUT2D eigenvalue weighted by Crippen LogP contribution is -2.08. The zero-order valence-electron chi connectivity index (χ0n) is 8.62. The van der Waals surface area contributed by atoms with Gasteiger partial charge >= 0.3 is 0 Å². The Morgan fingerprint density at radius 1 is 1.12 bits per heavy atom. The molecule has 0 aromatic carbocycles. The molecule has 0 saturated carbocycles. The van der Waals surface area contributed by atoms with Crippen molar-refractivity contribution >= 4 is 29.0 Å². The number of carbonyl (C=O) groups is 1. The largest absolute Gasteiger partial charge is 0.330 e. The van der Waals surface area contributed by atoms with Gasteiger partial charge < -0.3 is 5.73 Å². The first kappa shape index (κ1) is 13.3. The number of aromatic nitrogens is 3. The van der Waals surface area contributed by atoms with E-state index in [-0.39, 0.29) is 22.8 Å². The normalized spacial score (nSPS) is 10.4. The van der Waals surface area contributed by atoms with Crippen LogP contribution in [-0.4, -0.2) is 27.3 Å². The number of nitrogens with zero attached hydrogens (tertiary/aromatic N) is 3. The van der Waals surface area contributed by atoms with Gasteiger partial charge in [-0.15, -0.1) is 0 Å². The van der Waals surface area contributed by atoms with Crippen molar-refractivity contribution in [1.82, 2.24) is 15.0 Å². The van der Waals surface area contributed by atoms with Crippen molar-refractivity contribution in [2.75, 3.05) is 6.54 Å². The predicted molar refractivity (Wildman–Crippen MR) is 61.5 cm³/mol. The van der Waals surface area contributed by atoms with Crippen LogP contribution >= 0.6 is 23.2 Å². The maximum absolute atomic E-state index is 11.5. The number of rotatable bonds is 6. The molecule has 0 bridgehead atoms. The van der Waals surface area contributed by atoms with Crippen LogP contribution in [0.2, 0.25) is 10.6 Å². The van der Waals surface area contributed by atoms with Crippen molar-refractivity contribution in [3.05, 3.63) is 16.4 Å². The lowest BCUT2D eigenvalue weighted by molar-refractivity contribution is -0.118. The molecule has 0 amide bonds. The Hall–Kier alpha value is -0.780. The first-order valence-corrected chi connectivity index (χ1v) is 5.65. The molecule has 0 aliphatic carbocycles. The van der Waals surface area contributed by atoms with Crippen LogP contribution in [0.25, 0.3) is 0 Å². The molecule has 0 saturated heterocycles. The van der Waals surface area contributed by atoms with E-state index in [1.807, 2.05) is 0 Å². The summed E-state index contributed by atoms with van der Waals surface area (Å²) in [7, 11) is 0. The van der Waals surface area contributed by atoms with E-state index in [0.29, 0.717) is 18.8 Å². The first-order chi connectivity index (χ1) is 7.61. The van der Waals surface area contributed by atoms with Gasteiger partial charge in [-0.25, -0.2) is 9.97 Å². The Balaban J connectivity index is 2.49. The van der Waals surface area contributed by atoms with Gasteiger partial charge in [-0.2, -0.15) is 4.98 Å². The number of hydrogen-bond acceptors (Lipinski definition) is 5. The van der Waals surface area contributed by atoms with Crippen molar-refractivity contribution in [3.63, 3.8) is 0 Å². The molecule has 0 aliphatic heterocycles. The van der Waals surface area contributed by atoms with Crippen molar-refractivity contribution in [3.8, 4) is 0 Å². The van der Waals surface area contributed by atoms with Crippen LogP contribution in [0.3, 0.4) is 0 Å². The molecule has 1 rings (SSSR count). The minimum atomic E-state index is 0.00441. The topological polar surface area (TPSA) is 81.8 Å². The number of hydrogen-bond donors (Lipinski definition) is 1. The van der Waals surface area contributed by atoms with E-state index in [1.54, 1.807) is 0 Å². The summed E-state index contributed by atoms with van der Waals surface area (Å²) in [4.78, 5) is 22.7. The maximum Gasteiger partial charge on any atom is 0.226 e. The number of carbonyl (C=O) groups excluding carboxylic acids is 1. The molecule has 0 atom stereocenters. The molecular formula is C9H12Cl2N4O. The molecule has 0 radical (unpaired) electrons. The summed E-state index contributed by atoms with van der Waals surface area (Å²) in [6, 6.07) is 0. The highest BCUT2D eigenvalue weighted by Gasteiger charge is 2.08. The molecule has 0 aliphatic rings. The van der Waals surface area contributed by atoms with Crippen LogP contribution in [0.4, 0.5) is 0 Å². The molecule has 5 nitrogen and oxygen atoms in total. The van der Waals surface area contributed by atoms with Crippen LogP contribution in [0.15, 0.2) is 0 Å². The highest BCUT2D eigenvalue weighted by molar-refractivity contribution is 6.31. The summed E-state index contributed by atoms with van der Waals surface area (Å²) in [5.74, 6) is 0.356. The van der Waals surface area contributed by atoms with Gasteiger partial charge in [0, 0.05) is 6.42 Å². The minimum absolute atomic E-state index is 0.00441. The molecule has 0 fully saturated rings. The quantitative estimate of drug-likeness (QED) is 0.785. The molecule has 1 heterocycles. The van der Waals surface area contributed by atoms with Crippen LogP contribution in [0, 0.1) is 0 Å². The van der Waals surface area contributed by atoms with E-state index in [4.69, 9.17) is 28.9 Å². The highest BCUT2D eigenvalue weighted by Crippen LogP contribution is 2.08. The predicted octanol–water partition coefficient (Wildman–Crippen LogP) is 1.42. The average Bonchev–Trinajstić information content (AvgIpc) is 2.16. The van der Waals surface area contributed by atoms with Gasteiger partial charge in [0.1, 0.15) is 11.6 Å². The van der Waals surface area contributed by atoms with Gasteiger partial charge in [0.15, 0.2) is 0 Å². The highest BCUT2D eigenvalue weighted by atomic mass is 35.5. The van der Waals surface area contributed by atoms with Gasteiger partial charge in [0.25, 0.3) is 0 Å². The lowest BCUT2D eigenvalue weighted by atomic mass is 10.1. The van der Waals surface area contributed by atoms with Crippen molar-refractivity contribution in [2.45, 2.75) is 25.7 Å². The molecule has 2 N–H and O–H groups in total. The Morgan fingerprint density at radius 2 is 1.75 bits per heavy atom. The third-order valence-corrected chi connectivity index (χ3v) is 2.23. The second kappa shape index (κ2) is 6.73. The van der Waals surface area contributed by atoms with Crippen LogP contribution in [0.1, 0.15) is 25.1 Å². The second-order valence-electron chi connectivity index (χ2n) is 3.25. The van der Waals surface area contributed by atoms with E-state index >= 15 is 0 Å². The molecule has 88 valence electrons. The maximum atomic E-state index is 11.5. The fourth-order valence-electron chi connectivity index (χ4n) is 1.17. The smallest absolute Gasteiger partial charge is 0.226 e. The van der Waals surface area contributed by atoms with Gasteiger partial charge in [0.2, 0.25) is 10.6 Å². The summed E-state index contributed by atoms with van der Waals surface area (Å²) >= 11 is 11.2. The van der Waals surface area contributed by atoms with Gasteiger partial charge in [-0.1, -0.05) is 0 Å². The van der Waals surface area contributed by atoms with Crippen molar-refractivity contribution in [1.29, 1.82) is 0 Å². The molecule has 0 spiro atoms. The molecular weight excluding hydrogens is 251 g/mol. The summed E-state index contributed by atoms with van der Waals surface area (Å²) in [6.07, 6.45) is 2.22. The Bertz CT molecular complexity index is 352. The van der Waals surface area contributed by atoms with Crippen molar-refractivity contribution in [2.24, 2.45) is 5.73 Å². The fourth-order valence-corrected chi connectivity index (χ4v) is 1.57. The number of halogens is 2. The zero-order chi connectivity index (χ0) is 12.0. The van der Waals surface area contributed by atoms with Gasteiger partial charge in [0.05, 0.1) is 6.42 Å². The zero-order valence-corrected chi connectivity index (χ0v) is 10.1.